The molecule has 4 rings (SSSR count). The maximum absolute atomic E-state index is 9.65. The summed E-state index contributed by atoms with van der Waals surface area (Å²) in [7, 11) is 2.27. The number of phenols is 1. The topological polar surface area (TPSA) is 23.5 Å². The van der Waals surface area contributed by atoms with Crippen LogP contribution in [-0.4, -0.2) is 30.1 Å². The number of rotatable bonds is 0. The highest BCUT2D eigenvalue weighted by Gasteiger charge is 2.56. The van der Waals surface area contributed by atoms with Crippen LogP contribution in [0.1, 0.15) is 36.3 Å². The van der Waals surface area contributed by atoms with E-state index in [0.29, 0.717) is 11.2 Å². The van der Waals surface area contributed by atoms with Gasteiger partial charge in [-0.2, -0.15) is 0 Å². The third-order valence-electron chi connectivity index (χ3n) is 5.77. The summed E-state index contributed by atoms with van der Waals surface area (Å²) in [5.74, 6) is 2.09. The monoisotopic (exact) mass is 243 g/mol. The first-order valence-corrected chi connectivity index (χ1v) is 7.19. The van der Waals surface area contributed by atoms with Gasteiger partial charge in [-0.3, -0.25) is 0 Å². The second-order valence-electron chi connectivity index (χ2n) is 6.64. The predicted octanol–water partition coefficient (Wildman–Crippen LogP) is 2.76. The molecule has 1 N–H and O–H groups in total. The molecule has 3 aliphatic rings. The summed E-state index contributed by atoms with van der Waals surface area (Å²) < 4.78 is 0. The number of likely N-dealkylation sites (tertiary alicyclic amines) is 1. The molecule has 1 spiro atoms. The molecular weight excluding hydrogens is 222 g/mol. The van der Waals surface area contributed by atoms with Gasteiger partial charge < -0.3 is 10.0 Å². The van der Waals surface area contributed by atoms with Gasteiger partial charge in [0.25, 0.3) is 0 Å². The van der Waals surface area contributed by atoms with Crippen molar-refractivity contribution in [3.63, 3.8) is 0 Å². The largest absolute Gasteiger partial charge is 0.508 e. The van der Waals surface area contributed by atoms with Crippen molar-refractivity contribution >= 4 is 0 Å². The third-order valence-corrected chi connectivity index (χ3v) is 5.77. The average Bonchev–Trinajstić information content (AvgIpc) is 2.82. The van der Waals surface area contributed by atoms with Crippen molar-refractivity contribution in [3.8, 4) is 5.75 Å². The first-order chi connectivity index (χ1) is 8.69. The Labute approximate surface area is 109 Å². The zero-order valence-corrected chi connectivity index (χ0v) is 11.0. The van der Waals surface area contributed by atoms with Gasteiger partial charge in [0.1, 0.15) is 5.75 Å². The highest BCUT2D eigenvalue weighted by molar-refractivity contribution is 5.42. The van der Waals surface area contributed by atoms with Gasteiger partial charge in [0.15, 0.2) is 0 Å². The van der Waals surface area contributed by atoms with Crippen molar-refractivity contribution in [2.75, 3.05) is 20.1 Å². The predicted molar refractivity (Wildman–Crippen MR) is 71.8 cm³/mol. The minimum atomic E-state index is 0.433. The smallest absolute Gasteiger partial charge is 0.115 e. The van der Waals surface area contributed by atoms with E-state index in [0.717, 1.165) is 18.3 Å². The first kappa shape index (κ1) is 10.9. The zero-order valence-electron chi connectivity index (χ0n) is 11.0. The van der Waals surface area contributed by atoms with Crippen LogP contribution < -0.4 is 0 Å². The summed E-state index contributed by atoms with van der Waals surface area (Å²) in [6.07, 6.45) is 5.24. The van der Waals surface area contributed by atoms with Crippen molar-refractivity contribution < 1.29 is 5.11 Å². The molecule has 2 aliphatic carbocycles. The molecule has 1 saturated heterocycles. The molecule has 18 heavy (non-hydrogen) atoms. The van der Waals surface area contributed by atoms with Crippen molar-refractivity contribution in [1.82, 2.24) is 4.90 Å². The number of benzene rings is 1. The maximum atomic E-state index is 9.65. The van der Waals surface area contributed by atoms with E-state index in [2.05, 4.69) is 18.0 Å². The van der Waals surface area contributed by atoms with E-state index in [1.165, 1.54) is 43.5 Å². The van der Waals surface area contributed by atoms with E-state index in [4.69, 9.17) is 0 Å². The van der Waals surface area contributed by atoms with Gasteiger partial charge in [-0.25, -0.2) is 0 Å². The lowest BCUT2D eigenvalue weighted by molar-refractivity contribution is 0.189. The Hall–Kier alpha value is -1.02. The van der Waals surface area contributed by atoms with Crippen molar-refractivity contribution in [2.24, 2.45) is 11.3 Å². The third kappa shape index (κ3) is 1.27. The van der Waals surface area contributed by atoms with Gasteiger partial charge in [-0.05, 0) is 73.2 Å². The number of hydrogen-bond acceptors (Lipinski definition) is 2. The Balaban J connectivity index is 1.80. The lowest BCUT2D eigenvalue weighted by Crippen LogP contribution is -2.36. The lowest BCUT2D eigenvalue weighted by Gasteiger charge is -2.41. The van der Waals surface area contributed by atoms with E-state index < -0.39 is 0 Å². The van der Waals surface area contributed by atoms with Gasteiger partial charge in [-0.15, -0.1) is 0 Å². The Morgan fingerprint density at radius 1 is 1.33 bits per heavy atom. The SMILES string of the molecule is CN1C[C@H]2CC[C@H]3c4ccc(O)cc4CC[C@]23C1. The molecule has 1 aromatic carbocycles. The van der Waals surface area contributed by atoms with Crippen molar-refractivity contribution in [3.05, 3.63) is 29.3 Å². The summed E-state index contributed by atoms with van der Waals surface area (Å²) in [5, 5.41) is 9.65. The molecule has 1 aliphatic heterocycles. The molecule has 2 heteroatoms. The van der Waals surface area contributed by atoms with Crippen LogP contribution in [0.15, 0.2) is 18.2 Å². The highest BCUT2D eigenvalue weighted by atomic mass is 16.3. The van der Waals surface area contributed by atoms with Crippen LogP contribution in [0.2, 0.25) is 0 Å². The van der Waals surface area contributed by atoms with E-state index >= 15 is 0 Å². The number of aryl methyl sites for hydroxylation is 1. The van der Waals surface area contributed by atoms with Crippen LogP contribution in [0.25, 0.3) is 0 Å². The molecular formula is C16H21NO. The van der Waals surface area contributed by atoms with Crippen LogP contribution >= 0.6 is 0 Å². The zero-order chi connectivity index (χ0) is 12.3. The van der Waals surface area contributed by atoms with Gasteiger partial charge >= 0.3 is 0 Å². The Bertz CT molecular complexity index is 498. The van der Waals surface area contributed by atoms with Crippen molar-refractivity contribution in [2.45, 2.75) is 31.6 Å². The number of phenolic OH excluding ortho intramolecular Hbond substituents is 1. The van der Waals surface area contributed by atoms with Crippen LogP contribution in [0.5, 0.6) is 5.75 Å². The fourth-order valence-electron chi connectivity index (χ4n) is 5.12. The molecule has 0 amide bonds. The van der Waals surface area contributed by atoms with Crippen LogP contribution in [0, 0.1) is 11.3 Å². The summed E-state index contributed by atoms with van der Waals surface area (Å²) in [5.41, 5.74) is 3.50. The summed E-state index contributed by atoms with van der Waals surface area (Å²) in [4.78, 5) is 2.53. The molecule has 1 saturated carbocycles. The molecule has 1 heterocycles. The average molecular weight is 243 g/mol. The van der Waals surface area contributed by atoms with Crippen LogP contribution in [-0.2, 0) is 6.42 Å². The molecule has 0 bridgehead atoms. The molecule has 2 fully saturated rings. The molecule has 3 atom stereocenters. The van der Waals surface area contributed by atoms with Crippen LogP contribution in [0.3, 0.4) is 0 Å². The molecule has 2 nitrogen and oxygen atoms in total. The number of hydrogen-bond donors (Lipinski definition) is 1. The van der Waals surface area contributed by atoms with Gasteiger partial charge in [0, 0.05) is 13.1 Å². The minimum absolute atomic E-state index is 0.433. The minimum Gasteiger partial charge on any atom is -0.508 e. The lowest BCUT2D eigenvalue weighted by atomic mass is 9.63. The van der Waals surface area contributed by atoms with E-state index in [9.17, 15) is 5.11 Å². The highest BCUT2D eigenvalue weighted by Crippen LogP contribution is 2.61. The van der Waals surface area contributed by atoms with E-state index in [-0.39, 0.29) is 0 Å². The Kier molecular flexibility index (Phi) is 2.12. The number of fused-ring (bicyclic) bond motifs is 2. The second-order valence-corrected chi connectivity index (χ2v) is 6.64. The quantitative estimate of drug-likeness (QED) is 0.757. The van der Waals surface area contributed by atoms with E-state index in [1.807, 2.05) is 12.1 Å². The summed E-state index contributed by atoms with van der Waals surface area (Å²) in [6.45, 7) is 2.58. The van der Waals surface area contributed by atoms with Gasteiger partial charge in [0.05, 0.1) is 0 Å². The summed E-state index contributed by atoms with van der Waals surface area (Å²) >= 11 is 0. The number of aromatic hydroxyl groups is 1. The van der Waals surface area contributed by atoms with Gasteiger partial charge in [-0.1, -0.05) is 6.07 Å². The fourth-order valence-corrected chi connectivity index (χ4v) is 5.12. The van der Waals surface area contributed by atoms with E-state index in [1.54, 1.807) is 0 Å². The van der Waals surface area contributed by atoms with Crippen LogP contribution in [0.4, 0.5) is 0 Å². The molecule has 96 valence electrons. The standard InChI is InChI=1S/C16H21NO/c1-17-9-12-2-5-15-14-4-3-13(18)8-11(14)6-7-16(12,15)10-17/h3-4,8,12,15,18H,2,5-7,9-10H2,1H3/t12-,15+,16+/m1/s1. The Morgan fingerprint density at radius 2 is 2.22 bits per heavy atom. The second kappa shape index (κ2) is 3.51. The number of nitrogens with zero attached hydrogens (tertiary/aromatic N) is 1. The first-order valence-electron chi connectivity index (χ1n) is 7.19. The van der Waals surface area contributed by atoms with Gasteiger partial charge in [0.2, 0.25) is 0 Å². The Morgan fingerprint density at radius 3 is 3.11 bits per heavy atom. The molecule has 1 aromatic rings. The molecule has 0 aromatic heterocycles. The maximum Gasteiger partial charge on any atom is 0.115 e. The molecule has 0 unspecified atom stereocenters. The normalized spacial score (nSPS) is 38.3. The summed E-state index contributed by atoms with van der Waals surface area (Å²) in [6, 6.07) is 6.06. The molecule has 0 radical (unpaired) electrons. The fraction of sp³-hybridized carbons (Fsp3) is 0.625. The van der Waals surface area contributed by atoms with Crippen molar-refractivity contribution in [1.29, 1.82) is 0 Å².